The molecule has 17 nitrogen and oxygen atoms in total. The summed E-state index contributed by atoms with van der Waals surface area (Å²) >= 11 is 0. The zero-order chi connectivity index (χ0) is 45.2. The number of aliphatic hydroxyl groups is 2. The first-order valence-corrected chi connectivity index (χ1v) is 19.8. The molecule has 4 N–H and O–H groups in total. The van der Waals surface area contributed by atoms with E-state index in [0.29, 0.717) is 30.6 Å². The van der Waals surface area contributed by atoms with Gasteiger partial charge in [0.15, 0.2) is 18.1 Å². The highest BCUT2D eigenvalue weighted by molar-refractivity contribution is 6.05. The van der Waals surface area contributed by atoms with Gasteiger partial charge in [0.25, 0.3) is 11.8 Å². The van der Waals surface area contributed by atoms with Crippen molar-refractivity contribution in [3.05, 3.63) is 114 Å². The number of esters is 1. The van der Waals surface area contributed by atoms with Crippen LogP contribution in [0.1, 0.15) is 59.4 Å². The summed E-state index contributed by atoms with van der Waals surface area (Å²) in [5.41, 5.74) is 2.51. The lowest BCUT2D eigenvalue weighted by Crippen LogP contribution is -2.36. The minimum atomic E-state index is -1.06. The summed E-state index contributed by atoms with van der Waals surface area (Å²) in [5.74, 6) is -1.15. The predicted molar refractivity (Wildman–Crippen MR) is 230 cm³/mol. The molecular formula is C45H54N4O13. The van der Waals surface area contributed by atoms with Gasteiger partial charge in [-0.3, -0.25) is 20.2 Å². The Morgan fingerprint density at radius 3 is 1.74 bits per heavy atom. The lowest BCUT2D eigenvalue weighted by atomic mass is 10.1. The highest BCUT2D eigenvalue weighted by Gasteiger charge is 2.33. The Morgan fingerprint density at radius 2 is 1.23 bits per heavy atom. The van der Waals surface area contributed by atoms with Crippen LogP contribution >= 0.6 is 0 Å². The summed E-state index contributed by atoms with van der Waals surface area (Å²) in [7, 11) is 1.38. The van der Waals surface area contributed by atoms with Crippen LogP contribution in [0.5, 0.6) is 17.2 Å². The molecule has 0 fully saturated rings. The third-order valence-corrected chi connectivity index (χ3v) is 9.36. The number of methoxy groups -OCH3 is 1. The summed E-state index contributed by atoms with van der Waals surface area (Å²) in [5, 5.41) is 25.3. The number of anilines is 2. The first-order chi connectivity index (χ1) is 29.9. The van der Waals surface area contributed by atoms with Crippen molar-refractivity contribution in [2.24, 2.45) is 0 Å². The first kappa shape index (κ1) is 47.8. The number of allylic oxidation sites excluding steroid dienone is 4. The Kier molecular flexibility index (Phi) is 18.4. The largest absolute Gasteiger partial charge is 0.493 e. The highest BCUT2D eigenvalue weighted by atomic mass is 16.6. The topological polar surface area (TPSA) is 212 Å². The molecule has 0 unspecified atom stereocenters. The molecule has 0 saturated heterocycles. The van der Waals surface area contributed by atoms with Crippen molar-refractivity contribution >= 4 is 41.3 Å². The molecule has 332 valence electrons. The van der Waals surface area contributed by atoms with Gasteiger partial charge in [-0.1, -0.05) is 49.6 Å². The van der Waals surface area contributed by atoms with E-state index in [1.807, 2.05) is 38.2 Å². The fraction of sp³-hybridized carbons (Fsp3) is 0.356. The average molecular weight is 859 g/mol. The Bertz CT molecular complexity index is 2110. The smallest absolute Gasteiger partial charge is 0.412 e. The van der Waals surface area contributed by atoms with Crippen LogP contribution in [0.15, 0.2) is 97.4 Å². The summed E-state index contributed by atoms with van der Waals surface area (Å²) in [6.45, 7) is 11.2. The van der Waals surface area contributed by atoms with Crippen LogP contribution in [0.4, 0.5) is 21.0 Å². The second kappa shape index (κ2) is 23.8. The third-order valence-electron chi connectivity index (χ3n) is 9.36. The number of ether oxygens (including phenoxy) is 6. The Labute approximate surface area is 360 Å². The molecule has 0 aliphatic carbocycles. The maximum absolute atomic E-state index is 14.0. The zero-order valence-corrected chi connectivity index (χ0v) is 35.3. The van der Waals surface area contributed by atoms with Crippen molar-refractivity contribution < 1.29 is 62.6 Å². The number of aliphatic hydroxyl groups excluding tert-OH is 2. The number of benzene rings is 2. The van der Waals surface area contributed by atoms with Crippen molar-refractivity contribution in [1.29, 1.82) is 0 Å². The molecule has 0 radical (unpaired) electrons. The SMILES string of the molecule is C=CCOC(=O)COC(=O)Nc1cc(OCCCOc2cc(NC(=O)OCC=C)c(C(=O)N3C=C(/C=C/C)C[C@H]3CO)cc2C)c(OC)cc1C(=O)N1C=C(/C=C/C)C[C@H]1CO. The summed E-state index contributed by atoms with van der Waals surface area (Å²) < 4.78 is 32.7. The molecule has 0 saturated carbocycles. The van der Waals surface area contributed by atoms with Gasteiger partial charge in [-0.25, -0.2) is 14.4 Å². The van der Waals surface area contributed by atoms with Crippen LogP contribution in [-0.4, -0.2) is 115 Å². The van der Waals surface area contributed by atoms with Crippen molar-refractivity contribution in [1.82, 2.24) is 9.80 Å². The fourth-order valence-electron chi connectivity index (χ4n) is 6.50. The number of carbonyl (C=O) groups excluding carboxylic acids is 5. The second-order valence-corrected chi connectivity index (χ2v) is 13.9. The monoisotopic (exact) mass is 858 g/mol. The minimum absolute atomic E-state index is 0.0128. The van der Waals surface area contributed by atoms with E-state index in [2.05, 4.69) is 23.8 Å². The molecule has 17 heteroatoms. The molecule has 0 spiro atoms. The lowest BCUT2D eigenvalue weighted by Gasteiger charge is -2.24. The van der Waals surface area contributed by atoms with E-state index >= 15 is 0 Å². The molecule has 2 heterocycles. The van der Waals surface area contributed by atoms with Gasteiger partial charge in [0.1, 0.15) is 19.0 Å². The van der Waals surface area contributed by atoms with Gasteiger partial charge in [0, 0.05) is 31.0 Å². The summed E-state index contributed by atoms with van der Waals surface area (Å²) in [6.07, 6.45) is 12.7. The second-order valence-electron chi connectivity index (χ2n) is 13.9. The van der Waals surface area contributed by atoms with Gasteiger partial charge >= 0.3 is 18.2 Å². The zero-order valence-electron chi connectivity index (χ0n) is 35.3. The quantitative estimate of drug-likeness (QED) is 0.0478. The number of aryl methyl sites for hydroxylation is 1. The molecule has 2 aliphatic rings. The van der Waals surface area contributed by atoms with Gasteiger partial charge in [0.05, 0.1) is 68.1 Å². The Hall–Kier alpha value is -6.85. The van der Waals surface area contributed by atoms with Crippen molar-refractivity contribution in [2.45, 2.75) is 52.1 Å². The van der Waals surface area contributed by atoms with E-state index in [4.69, 9.17) is 28.4 Å². The molecule has 2 atom stereocenters. The van der Waals surface area contributed by atoms with E-state index in [1.165, 1.54) is 47.3 Å². The van der Waals surface area contributed by atoms with Crippen LogP contribution in [0.3, 0.4) is 0 Å². The number of hydrogen-bond acceptors (Lipinski definition) is 13. The van der Waals surface area contributed by atoms with E-state index in [1.54, 1.807) is 25.4 Å². The molecule has 4 amide bonds. The minimum Gasteiger partial charge on any atom is -0.493 e. The van der Waals surface area contributed by atoms with Gasteiger partial charge in [0.2, 0.25) is 0 Å². The van der Waals surface area contributed by atoms with E-state index in [-0.39, 0.29) is 73.6 Å². The number of rotatable bonds is 21. The number of hydrogen-bond donors (Lipinski definition) is 4. The molecule has 2 aliphatic heterocycles. The van der Waals surface area contributed by atoms with Gasteiger partial charge in [-0.2, -0.15) is 0 Å². The highest BCUT2D eigenvalue weighted by Crippen LogP contribution is 2.37. The molecule has 4 rings (SSSR count). The number of nitrogens with zero attached hydrogens (tertiary/aromatic N) is 2. The number of amides is 4. The van der Waals surface area contributed by atoms with Gasteiger partial charge < -0.3 is 48.4 Å². The number of nitrogens with one attached hydrogen (secondary N) is 2. The lowest BCUT2D eigenvalue weighted by molar-refractivity contribution is -0.145. The van der Waals surface area contributed by atoms with Crippen LogP contribution in [0.2, 0.25) is 0 Å². The van der Waals surface area contributed by atoms with Crippen LogP contribution in [0, 0.1) is 6.92 Å². The van der Waals surface area contributed by atoms with E-state index < -0.39 is 48.7 Å². The maximum Gasteiger partial charge on any atom is 0.412 e. The molecule has 0 aromatic heterocycles. The first-order valence-electron chi connectivity index (χ1n) is 19.8. The average Bonchev–Trinajstić information content (AvgIpc) is 3.88. The van der Waals surface area contributed by atoms with Crippen LogP contribution in [0.25, 0.3) is 0 Å². The van der Waals surface area contributed by atoms with Crippen LogP contribution < -0.4 is 24.8 Å². The molecule has 2 aromatic rings. The molecular weight excluding hydrogens is 805 g/mol. The van der Waals surface area contributed by atoms with Crippen molar-refractivity contribution in [3.8, 4) is 17.2 Å². The van der Waals surface area contributed by atoms with Crippen molar-refractivity contribution in [2.75, 3.05) is 64.0 Å². The standard InChI is InChI=1S/C45H54N4O13/c1-7-12-30-19-32(26-50)48(24-30)42(53)34-18-29(5)38(22-36(34)46-44(55)61-15-10-4)58-16-11-17-59-40-23-37(47-45(56)62-28-41(52)60-14-9-3)35(21-39(40)57-6)43(54)49-25-31(13-8-2)20-33(49)27-51/h7-10,12-13,18,21-25,32-33,50-51H,3-4,11,14-17,19-20,26-28H2,1-2,5-6H3,(H,46,55)(H,47,56)/b12-7+,13-8+/t32-,33-/m0/s1. The van der Waals surface area contributed by atoms with Gasteiger partial charge in [-0.15, -0.1) is 0 Å². The Balaban J connectivity index is 1.54. The van der Waals surface area contributed by atoms with Crippen molar-refractivity contribution in [3.63, 3.8) is 0 Å². The molecule has 62 heavy (non-hydrogen) atoms. The van der Waals surface area contributed by atoms with Gasteiger partial charge in [-0.05, 0) is 62.5 Å². The maximum atomic E-state index is 14.0. The summed E-state index contributed by atoms with van der Waals surface area (Å²) in [4.78, 5) is 68.2. The third kappa shape index (κ3) is 12.8. The molecule has 2 aromatic carbocycles. The Morgan fingerprint density at radius 1 is 0.726 bits per heavy atom. The summed E-state index contributed by atoms with van der Waals surface area (Å²) in [6, 6.07) is 4.83. The molecule has 0 bridgehead atoms. The van der Waals surface area contributed by atoms with Crippen LogP contribution in [-0.2, 0) is 19.0 Å². The van der Waals surface area contributed by atoms with E-state index in [9.17, 15) is 34.2 Å². The van der Waals surface area contributed by atoms with E-state index in [0.717, 1.165) is 11.1 Å². The fourth-order valence-corrected chi connectivity index (χ4v) is 6.50. The number of carbonyl (C=O) groups is 5. The normalized spacial score (nSPS) is 15.8. The predicted octanol–water partition coefficient (Wildman–Crippen LogP) is 6.20.